The van der Waals surface area contributed by atoms with Crippen molar-refractivity contribution >= 4 is 27.7 Å². The van der Waals surface area contributed by atoms with Gasteiger partial charge in [-0.15, -0.1) is 0 Å². The van der Waals surface area contributed by atoms with Gasteiger partial charge in [-0.3, -0.25) is 4.79 Å². The van der Waals surface area contributed by atoms with Gasteiger partial charge in [0.25, 0.3) is 0 Å². The minimum absolute atomic E-state index is 0.223. The summed E-state index contributed by atoms with van der Waals surface area (Å²) in [4.78, 5) is 11.9. The van der Waals surface area contributed by atoms with Gasteiger partial charge < -0.3 is 15.4 Å². The lowest BCUT2D eigenvalue weighted by molar-refractivity contribution is 0.100. The predicted octanol–water partition coefficient (Wildman–Crippen LogP) is 3.85. The van der Waals surface area contributed by atoms with E-state index >= 15 is 0 Å². The van der Waals surface area contributed by atoms with Crippen LogP contribution in [0, 0.1) is 17.5 Å². The van der Waals surface area contributed by atoms with Crippen LogP contribution in [-0.2, 0) is 13.2 Å². The normalized spacial score (nSPS) is 11.4. The number of aliphatic hydroxyl groups excluding tert-OH is 1. The molecule has 4 nitrogen and oxygen atoms in total. The van der Waals surface area contributed by atoms with Crippen molar-refractivity contribution in [2.45, 2.75) is 13.2 Å². The maximum atomic E-state index is 14.2. The van der Waals surface area contributed by atoms with E-state index in [1.165, 1.54) is 0 Å². The summed E-state index contributed by atoms with van der Waals surface area (Å²) < 4.78 is 43.4. The molecule has 1 heterocycles. The summed E-state index contributed by atoms with van der Waals surface area (Å²) in [5.41, 5.74) is 7.18. The topological polar surface area (TPSA) is 68.2 Å². The molecule has 0 aliphatic carbocycles. The number of nitrogens with two attached hydrogens (primary N) is 1. The van der Waals surface area contributed by atoms with Gasteiger partial charge in [-0.05, 0) is 23.8 Å². The number of primary amides is 1. The number of hydrogen-bond donors (Lipinski definition) is 2. The van der Waals surface area contributed by atoms with E-state index in [1.807, 2.05) is 0 Å². The summed E-state index contributed by atoms with van der Waals surface area (Å²) in [6.07, 6.45) is 0. The molecule has 4 aromatic rings. The highest BCUT2D eigenvalue weighted by molar-refractivity contribution is 6.17. The van der Waals surface area contributed by atoms with Gasteiger partial charge in [-0.25, -0.2) is 13.2 Å². The Bertz CT molecular complexity index is 1220. The van der Waals surface area contributed by atoms with Gasteiger partial charge in [0, 0.05) is 39.5 Å². The molecule has 0 fully saturated rings. The van der Waals surface area contributed by atoms with E-state index in [0.29, 0.717) is 39.5 Å². The molecule has 0 saturated carbocycles. The Morgan fingerprint density at radius 2 is 1.71 bits per heavy atom. The summed E-state index contributed by atoms with van der Waals surface area (Å²) in [6, 6.07) is 11.3. The Hall–Kier alpha value is -3.32. The van der Waals surface area contributed by atoms with Crippen molar-refractivity contribution in [3.63, 3.8) is 0 Å². The van der Waals surface area contributed by atoms with Crippen molar-refractivity contribution in [1.29, 1.82) is 0 Å². The summed E-state index contributed by atoms with van der Waals surface area (Å²) in [7, 11) is 0. The molecule has 1 aromatic heterocycles. The second kappa shape index (κ2) is 6.69. The maximum absolute atomic E-state index is 14.2. The highest BCUT2D eigenvalue weighted by atomic mass is 19.1. The first-order valence-corrected chi connectivity index (χ1v) is 8.48. The second-order valence-corrected chi connectivity index (χ2v) is 6.51. The van der Waals surface area contributed by atoms with E-state index in [1.54, 1.807) is 41.0 Å². The SMILES string of the molecule is NC(=O)c1cccc2c1c1ccc(CO)cc1n2Cc1c(F)cc(F)cc1F. The molecular weight excluding hydrogens is 369 g/mol. The van der Waals surface area contributed by atoms with Crippen LogP contribution in [0.3, 0.4) is 0 Å². The van der Waals surface area contributed by atoms with Crippen LogP contribution < -0.4 is 5.73 Å². The minimum atomic E-state index is -1.00. The van der Waals surface area contributed by atoms with Crippen LogP contribution >= 0.6 is 0 Å². The highest BCUT2D eigenvalue weighted by Crippen LogP contribution is 2.33. The number of fused-ring (bicyclic) bond motifs is 3. The average Bonchev–Trinajstić information content (AvgIpc) is 2.97. The smallest absolute Gasteiger partial charge is 0.249 e. The van der Waals surface area contributed by atoms with E-state index in [-0.39, 0.29) is 24.3 Å². The Morgan fingerprint density at radius 3 is 2.36 bits per heavy atom. The Kier molecular flexibility index (Phi) is 4.31. The van der Waals surface area contributed by atoms with Crippen LogP contribution in [0.2, 0.25) is 0 Å². The number of halogens is 3. The number of carbonyl (C=O) groups is 1. The molecule has 3 aromatic carbocycles. The van der Waals surface area contributed by atoms with E-state index in [0.717, 1.165) is 0 Å². The molecule has 0 bridgehead atoms. The number of benzene rings is 3. The summed E-state index contributed by atoms with van der Waals surface area (Å²) in [6.45, 7) is -0.450. The van der Waals surface area contributed by atoms with Crippen LogP contribution in [0.5, 0.6) is 0 Å². The zero-order chi connectivity index (χ0) is 20.0. The molecule has 0 atom stereocenters. The largest absolute Gasteiger partial charge is 0.392 e. The number of rotatable bonds is 4. The molecule has 7 heteroatoms. The van der Waals surface area contributed by atoms with Crippen LogP contribution in [0.4, 0.5) is 13.2 Å². The van der Waals surface area contributed by atoms with E-state index in [2.05, 4.69) is 0 Å². The van der Waals surface area contributed by atoms with Gasteiger partial charge >= 0.3 is 0 Å². The monoisotopic (exact) mass is 384 g/mol. The lowest BCUT2D eigenvalue weighted by Gasteiger charge is -2.11. The number of aromatic nitrogens is 1. The summed E-state index contributed by atoms with van der Waals surface area (Å²) >= 11 is 0. The fraction of sp³-hybridized carbons (Fsp3) is 0.0952. The first-order valence-electron chi connectivity index (χ1n) is 8.48. The molecule has 0 saturated heterocycles. The molecule has 4 rings (SSSR count). The molecule has 142 valence electrons. The second-order valence-electron chi connectivity index (χ2n) is 6.51. The van der Waals surface area contributed by atoms with Crippen molar-refractivity contribution < 1.29 is 23.1 Å². The third-order valence-corrected chi connectivity index (χ3v) is 4.83. The Balaban J connectivity index is 2.06. The van der Waals surface area contributed by atoms with Crippen molar-refractivity contribution in [1.82, 2.24) is 4.57 Å². The molecule has 0 radical (unpaired) electrons. The molecule has 28 heavy (non-hydrogen) atoms. The van der Waals surface area contributed by atoms with Gasteiger partial charge in [0.2, 0.25) is 5.91 Å². The Labute approximate surface area is 157 Å². The zero-order valence-electron chi connectivity index (χ0n) is 14.5. The molecule has 0 aliphatic heterocycles. The lowest BCUT2D eigenvalue weighted by Crippen LogP contribution is -2.11. The number of aliphatic hydroxyl groups is 1. The quantitative estimate of drug-likeness (QED) is 0.561. The van der Waals surface area contributed by atoms with E-state index in [4.69, 9.17) is 5.73 Å². The fourth-order valence-electron chi connectivity index (χ4n) is 3.55. The molecule has 3 N–H and O–H groups in total. The Morgan fingerprint density at radius 1 is 1.00 bits per heavy atom. The summed E-state index contributed by atoms with van der Waals surface area (Å²) in [5, 5.41) is 10.7. The molecule has 0 spiro atoms. The molecule has 1 amide bonds. The third kappa shape index (κ3) is 2.80. The van der Waals surface area contributed by atoms with Crippen molar-refractivity contribution in [2.24, 2.45) is 5.73 Å². The average molecular weight is 384 g/mol. The number of hydrogen-bond acceptors (Lipinski definition) is 2. The number of carbonyl (C=O) groups excluding carboxylic acids is 1. The highest BCUT2D eigenvalue weighted by Gasteiger charge is 2.19. The fourth-order valence-corrected chi connectivity index (χ4v) is 3.55. The van der Waals surface area contributed by atoms with Gasteiger partial charge in [-0.2, -0.15) is 0 Å². The van der Waals surface area contributed by atoms with Crippen molar-refractivity contribution in [2.75, 3.05) is 0 Å². The van der Waals surface area contributed by atoms with Gasteiger partial charge in [0.05, 0.1) is 18.7 Å². The van der Waals surface area contributed by atoms with E-state index in [9.17, 15) is 23.1 Å². The number of amides is 1. The van der Waals surface area contributed by atoms with Crippen LogP contribution in [0.25, 0.3) is 21.8 Å². The maximum Gasteiger partial charge on any atom is 0.249 e. The lowest BCUT2D eigenvalue weighted by atomic mass is 10.0. The third-order valence-electron chi connectivity index (χ3n) is 4.83. The van der Waals surface area contributed by atoms with Gasteiger partial charge in [0.1, 0.15) is 17.5 Å². The standard InChI is InChI=1S/C21H15F3N2O2/c22-12-7-16(23)15(17(24)8-12)9-26-18-3-1-2-14(21(25)28)20(18)13-5-4-11(10-27)6-19(13)26/h1-8,27H,9-10H2,(H2,25,28). The zero-order valence-corrected chi connectivity index (χ0v) is 14.5. The van der Waals surface area contributed by atoms with Crippen LogP contribution in [0.15, 0.2) is 48.5 Å². The van der Waals surface area contributed by atoms with Crippen molar-refractivity contribution in [3.05, 3.63) is 82.7 Å². The first kappa shape index (κ1) is 18.1. The van der Waals surface area contributed by atoms with E-state index < -0.39 is 23.4 Å². The minimum Gasteiger partial charge on any atom is -0.392 e. The van der Waals surface area contributed by atoms with Gasteiger partial charge in [0.15, 0.2) is 0 Å². The predicted molar refractivity (Wildman–Crippen MR) is 99.3 cm³/mol. The molecule has 0 aliphatic rings. The number of nitrogens with zero attached hydrogens (tertiary/aromatic N) is 1. The summed E-state index contributed by atoms with van der Waals surface area (Å²) in [5.74, 6) is -3.64. The van der Waals surface area contributed by atoms with Crippen molar-refractivity contribution in [3.8, 4) is 0 Å². The van der Waals surface area contributed by atoms with Crippen LogP contribution in [0.1, 0.15) is 21.5 Å². The molecule has 0 unspecified atom stereocenters. The van der Waals surface area contributed by atoms with Gasteiger partial charge in [-0.1, -0.05) is 18.2 Å². The molecular formula is C21H15F3N2O2. The first-order chi connectivity index (χ1) is 13.4. The van der Waals surface area contributed by atoms with Crippen LogP contribution in [-0.4, -0.2) is 15.6 Å².